The first-order chi connectivity index (χ1) is 8.28. The molecule has 1 aliphatic rings. The summed E-state index contributed by atoms with van der Waals surface area (Å²) in [7, 11) is 2.19. The van der Waals surface area contributed by atoms with Crippen LogP contribution in [0.25, 0.3) is 0 Å². The fourth-order valence-corrected chi connectivity index (χ4v) is 2.32. The van der Waals surface area contributed by atoms with Crippen LogP contribution < -0.4 is 16.6 Å². The molecule has 94 valence electrons. The van der Waals surface area contributed by atoms with Gasteiger partial charge in [0, 0.05) is 31.0 Å². The van der Waals surface area contributed by atoms with Crippen LogP contribution in [-0.2, 0) is 0 Å². The highest BCUT2D eigenvalue weighted by Crippen LogP contribution is 2.17. The van der Waals surface area contributed by atoms with Crippen LogP contribution in [0, 0.1) is 5.92 Å². The molecule has 17 heavy (non-hydrogen) atoms. The van der Waals surface area contributed by atoms with Crippen LogP contribution in [0.1, 0.15) is 12.8 Å². The Labute approximate surface area is 102 Å². The average Bonchev–Trinajstić information content (AvgIpc) is 2.37. The number of rotatable bonds is 4. The zero-order valence-electron chi connectivity index (χ0n) is 10.3. The van der Waals surface area contributed by atoms with Gasteiger partial charge in [-0.25, -0.2) is 10.8 Å². The third kappa shape index (κ3) is 3.57. The Balaban J connectivity index is 1.84. The lowest BCUT2D eigenvalue weighted by Crippen LogP contribution is -2.35. The Kier molecular flexibility index (Phi) is 4.17. The van der Waals surface area contributed by atoms with E-state index in [0.717, 1.165) is 18.2 Å². The molecule has 0 bridgehead atoms. The van der Waals surface area contributed by atoms with Crippen molar-refractivity contribution in [3.8, 4) is 0 Å². The number of hydrogen-bond donors (Lipinski definition) is 3. The van der Waals surface area contributed by atoms with Crippen molar-refractivity contribution in [3.05, 3.63) is 18.3 Å². The van der Waals surface area contributed by atoms with E-state index >= 15 is 0 Å². The molecule has 0 saturated carbocycles. The lowest BCUT2D eigenvalue weighted by atomic mass is 9.98. The molecule has 1 aromatic rings. The van der Waals surface area contributed by atoms with Crippen LogP contribution in [0.3, 0.4) is 0 Å². The molecule has 2 heterocycles. The standard InChI is InChI=1S/C12H21N5/c1-17-6-2-3-10(9-17)8-15-11-4-5-14-12(7-11)16-13/h4-5,7,10H,2-3,6,8-9,13H2,1H3,(H2,14,15,16). The molecule has 1 unspecified atom stereocenters. The maximum Gasteiger partial charge on any atom is 0.141 e. The van der Waals surface area contributed by atoms with Crippen molar-refractivity contribution in [2.24, 2.45) is 11.8 Å². The number of hydrazine groups is 1. The quantitative estimate of drug-likeness (QED) is 0.539. The molecule has 0 radical (unpaired) electrons. The Bertz CT molecular complexity index is 355. The topological polar surface area (TPSA) is 66.2 Å². The van der Waals surface area contributed by atoms with Gasteiger partial charge in [0.2, 0.25) is 0 Å². The second-order valence-corrected chi connectivity index (χ2v) is 4.73. The Morgan fingerprint density at radius 2 is 2.47 bits per heavy atom. The highest BCUT2D eigenvalue weighted by Gasteiger charge is 2.16. The second kappa shape index (κ2) is 5.84. The minimum Gasteiger partial charge on any atom is -0.385 e. The summed E-state index contributed by atoms with van der Waals surface area (Å²) in [4.78, 5) is 6.48. The van der Waals surface area contributed by atoms with Gasteiger partial charge in [0.05, 0.1) is 0 Å². The average molecular weight is 235 g/mol. The van der Waals surface area contributed by atoms with Gasteiger partial charge >= 0.3 is 0 Å². The lowest BCUT2D eigenvalue weighted by Gasteiger charge is -2.29. The first-order valence-corrected chi connectivity index (χ1v) is 6.13. The smallest absolute Gasteiger partial charge is 0.141 e. The van der Waals surface area contributed by atoms with Crippen LogP contribution in [-0.4, -0.2) is 36.6 Å². The SMILES string of the molecule is CN1CCCC(CNc2ccnc(NN)c2)C1. The van der Waals surface area contributed by atoms with Crippen molar-refractivity contribution in [1.29, 1.82) is 0 Å². The third-order valence-corrected chi connectivity index (χ3v) is 3.22. The maximum absolute atomic E-state index is 5.33. The largest absolute Gasteiger partial charge is 0.385 e. The van der Waals surface area contributed by atoms with E-state index in [9.17, 15) is 0 Å². The Hall–Kier alpha value is -1.33. The molecule has 0 aromatic carbocycles. The molecule has 5 heteroatoms. The zero-order valence-corrected chi connectivity index (χ0v) is 10.3. The molecule has 0 aliphatic carbocycles. The summed E-state index contributed by atoms with van der Waals surface area (Å²) < 4.78 is 0. The normalized spacial score (nSPS) is 21.2. The molecular weight excluding hydrogens is 214 g/mol. The molecule has 1 fully saturated rings. The van der Waals surface area contributed by atoms with Gasteiger partial charge in [0.25, 0.3) is 0 Å². The predicted octanol–water partition coefficient (Wildman–Crippen LogP) is 1.12. The number of nitrogens with two attached hydrogens (primary N) is 1. The number of likely N-dealkylation sites (tertiary alicyclic amines) is 1. The Morgan fingerprint density at radius 1 is 1.59 bits per heavy atom. The first-order valence-electron chi connectivity index (χ1n) is 6.13. The zero-order chi connectivity index (χ0) is 12.1. The number of hydrogen-bond acceptors (Lipinski definition) is 5. The van der Waals surface area contributed by atoms with Crippen LogP contribution in [0.4, 0.5) is 11.5 Å². The summed E-state index contributed by atoms with van der Waals surface area (Å²) >= 11 is 0. The summed E-state index contributed by atoms with van der Waals surface area (Å²) in [5.41, 5.74) is 3.62. The molecule has 5 nitrogen and oxygen atoms in total. The lowest BCUT2D eigenvalue weighted by molar-refractivity contribution is 0.217. The van der Waals surface area contributed by atoms with Crippen LogP contribution in [0.15, 0.2) is 18.3 Å². The van der Waals surface area contributed by atoms with Crippen molar-refractivity contribution in [1.82, 2.24) is 9.88 Å². The van der Waals surface area contributed by atoms with Gasteiger partial charge in [-0.2, -0.15) is 0 Å². The predicted molar refractivity (Wildman–Crippen MR) is 70.8 cm³/mol. The second-order valence-electron chi connectivity index (χ2n) is 4.73. The van der Waals surface area contributed by atoms with Gasteiger partial charge in [-0.15, -0.1) is 0 Å². The summed E-state index contributed by atoms with van der Waals surface area (Å²) in [5.74, 6) is 6.75. The fraction of sp³-hybridized carbons (Fsp3) is 0.583. The van der Waals surface area contributed by atoms with Crippen molar-refractivity contribution < 1.29 is 0 Å². The van der Waals surface area contributed by atoms with Crippen LogP contribution in [0.5, 0.6) is 0 Å². The monoisotopic (exact) mass is 235 g/mol. The Morgan fingerprint density at radius 3 is 3.24 bits per heavy atom. The molecule has 2 rings (SSSR count). The van der Waals surface area contributed by atoms with E-state index in [1.165, 1.54) is 25.9 Å². The van der Waals surface area contributed by atoms with Crippen molar-refractivity contribution in [2.75, 3.05) is 37.4 Å². The first kappa shape index (κ1) is 12.1. The summed E-state index contributed by atoms with van der Waals surface area (Å²) in [5, 5.41) is 3.45. The van der Waals surface area contributed by atoms with Gasteiger partial charge < -0.3 is 15.6 Å². The maximum atomic E-state index is 5.33. The number of anilines is 2. The fourth-order valence-electron chi connectivity index (χ4n) is 2.32. The van der Waals surface area contributed by atoms with E-state index in [0.29, 0.717) is 5.82 Å². The van der Waals surface area contributed by atoms with Crippen molar-refractivity contribution in [3.63, 3.8) is 0 Å². The van der Waals surface area contributed by atoms with Gasteiger partial charge in [0.15, 0.2) is 0 Å². The number of nitrogens with zero attached hydrogens (tertiary/aromatic N) is 2. The minimum atomic E-state index is 0.691. The molecular formula is C12H21N5. The van der Waals surface area contributed by atoms with E-state index in [2.05, 4.69) is 27.7 Å². The number of piperidine rings is 1. The van der Waals surface area contributed by atoms with Crippen LogP contribution in [0.2, 0.25) is 0 Å². The molecule has 1 atom stereocenters. The number of pyridine rings is 1. The molecule has 1 aliphatic heterocycles. The summed E-state index contributed by atoms with van der Waals surface area (Å²) in [6, 6.07) is 3.89. The van der Waals surface area contributed by atoms with Gasteiger partial charge in [-0.3, -0.25) is 0 Å². The van der Waals surface area contributed by atoms with Gasteiger partial charge in [-0.1, -0.05) is 0 Å². The van der Waals surface area contributed by atoms with Crippen LogP contribution >= 0.6 is 0 Å². The number of nitrogens with one attached hydrogen (secondary N) is 2. The molecule has 0 amide bonds. The van der Waals surface area contributed by atoms with E-state index in [1.54, 1.807) is 6.20 Å². The molecule has 0 spiro atoms. The highest BCUT2D eigenvalue weighted by atomic mass is 15.2. The van der Waals surface area contributed by atoms with Crippen molar-refractivity contribution in [2.45, 2.75) is 12.8 Å². The van der Waals surface area contributed by atoms with E-state index in [4.69, 9.17) is 5.84 Å². The van der Waals surface area contributed by atoms with E-state index in [-0.39, 0.29) is 0 Å². The van der Waals surface area contributed by atoms with Gasteiger partial charge in [0.1, 0.15) is 5.82 Å². The van der Waals surface area contributed by atoms with Gasteiger partial charge in [-0.05, 0) is 38.4 Å². The number of nitrogen functional groups attached to an aromatic ring is 1. The molecule has 1 saturated heterocycles. The number of aromatic nitrogens is 1. The summed E-state index contributed by atoms with van der Waals surface area (Å²) in [6.45, 7) is 3.42. The third-order valence-electron chi connectivity index (χ3n) is 3.22. The molecule has 4 N–H and O–H groups in total. The van der Waals surface area contributed by atoms with E-state index < -0.39 is 0 Å². The highest BCUT2D eigenvalue weighted by molar-refractivity contribution is 5.51. The summed E-state index contributed by atoms with van der Waals surface area (Å²) in [6.07, 6.45) is 4.36. The van der Waals surface area contributed by atoms with E-state index in [1.807, 2.05) is 12.1 Å². The minimum absolute atomic E-state index is 0.691. The van der Waals surface area contributed by atoms with Crippen molar-refractivity contribution >= 4 is 11.5 Å². The molecule has 1 aromatic heterocycles.